The Hall–Kier alpha value is -2.79. The monoisotopic (exact) mass is 327 g/mol. The lowest BCUT2D eigenvalue weighted by atomic mass is 10.1. The fraction of sp³-hybridized carbons (Fsp3) is 0.0588. The van der Waals surface area contributed by atoms with Crippen molar-refractivity contribution in [1.29, 1.82) is 0 Å². The molecule has 0 aliphatic heterocycles. The highest BCUT2D eigenvalue weighted by atomic mass is 35.5. The van der Waals surface area contributed by atoms with Crippen LogP contribution in [0.5, 0.6) is 0 Å². The molecule has 0 spiro atoms. The Kier molecular flexibility index (Phi) is 3.80. The third-order valence-electron chi connectivity index (χ3n) is 3.62. The molecule has 1 aromatic heterocycles. The van der Waals surface area contributed by atoms with E-state index in [0.717, 1.165) is 0 Å². The molecule has 0 atom stereocenters. The van der Waals surface area contributed by atoms with Crippen LogP contribution < -0.4 is 16.5 Å². The molecular formula is C17H14ClN3O2. The van der Waals surface area contributed by atoms with Crippen LogP contribution >= 0.6 is 11.6 Å². The summed E-state index contributed by atoms with van der Waals surface area (Å²) in [7, 11) is 1.76. The zero-order valence-corrected chi connectivity index (χ0v) is 13.1. The van der Waals surface area contributed by atoms with Crippen molar-refractivity contribution < 1.29 is 4.79 Å². The van der Waals surface area contributed by atoms with Gasteiger partial charge in [-0.3, -0.25) is 9.59 Å². The van der Waals surface area contributed by atoms with Gasteiger partial charge in [-0.2, -0.15) is 0 Å². The Balaban J connectivity index is 2.12. The molecule has 0 bridgehead atoms. The number of carbonyl (C=O) groups excluding carboxylic acids is 1. The second-order valence-electron chi connectivity index (χ2n) is 5.16. The standard InChI is InChI=1S/C17H14ClN3O2/c1-21-9-10(16(22)15-12(19)6-4-8-14(15)21)17(23)20-13-7-3-2-5-11(13)18/h2-9H,19H2,1H3,(H,20,23). The van der Waals surface area contributed by atoms with Crippen molar-refractivity contribution in [2.45, 2.75) is 0 Å². The van der Waals surface area contributed by atoms with Crippen LogP contribution in [0.2, 0.25) is 5.02 Å². The number of halogens is 1. The number of rotatable bonds is 2. The predicted molar refractivity (Wildman–Crippen MR) is 93.0 cm³/mol. The average molecular weight is 328 g/mol. The van der Waals surface area contributed by atoms with E-state index in [1.54, 1.807) is 54.1 Å². The maximum atomic E-state index is 12.6. The Morgan fingerprint density at radius 3 is 2.65 bits per heavy atom. The van der Waals surface area contributed by atoms with E-state index in [1.165, 1.54) is 6.20 Å². The molecule has 6 heteroatoms. The van der Waals surface area contributed by atoms with Crippen molar-refractivity contribution in [2.75, 3.05) is 11.1 Å². The molecule has 0 aliphatic carbocycles. The lowest BCUT2D eigenvalue weighted by Gasteiger charge is -2.11. The molecule has 23 heavy (non-hydrogen) atoms. The molecule has 0 saturated heterocycles. The van der Waals surface area contributed by atoms with Gasteiger partial charge in [-0.25, -0.2) is 0 Å². The first-order chi connectivity index (χ1) is 11.0. The van der Waals surface area contributed by atoms with E-state index in [-0.39, 0.29) is 5.56 Å². The Morgan fingerprint density at radius 1 is 1.17 bits per heavy atom. The van der Waals surface area contributed by atoms with E-state index in [0.29, 0.717) is 27.3 Å². The van der Waals surface area contributed by atoms with Gasteiger partial charge in [0.1, 0.15) is 5.56 Å². The molecular weight excluding hydrogens is 314 g/mol. The number of nitrogens with zero attached hydrogens (tertiary/aromatic N) is 1. The molecule has 2 aromatic carbocycles. The molecule has 5 nitrogen and oxygen atoms in total. The Bertz CT molecular complexity index is 979. The van der Waals surface area contributed by atoms with Gasteiger partial charge in [0.25, 0.3) is 5.91 Å². The molecule has 3 rings (SSSR count). The van der Waals surface area contributed by atoms with Crippen molar-refractivity contribution in [3.63, 3.8) is 0 Å². The quantitative estimate of drug-likeness (QED) is 0.710. The highest BCUT2D eigenvalue weighted by molar-refractivity contribution is 6.33. The molecule has 0 saturated carbocycles. The van der Waals surface area contributed by atoms with E-state index in [9.17, 15) is 9.59 Å². The van der Waals surface area contributed by atoms with Gasteiger partial charge in [0.05, 0.1) is 21.6 Å². The fourth-order valence-electron chi connectivity index (χ4n) is 2.47. The highest BCUT2D eigenvalue weighted by Crippen LogP contribution is 2.22. The number of pyridine rings is 1. The van der Waals surface area contributed by atoms with Crippen LogP contribution in [0.3, 0.4) is 0 Å². The summed E-state index contributed by atoms with van der Waals surface area (Å²) >= 11 is 6.03. The third kappa shape index (κ3) is 2.66. The van der Waals surface area contributed by atoms with E-state index in [2.05, 4.69) is 5.32 Å². The molecule has 0 fully saturated rings. The first-order valence-corrected chi connectivity index (χ1v) is 7.30. The molecule has 3 N–H and O–H groups in total. The second kappa shape index (κ2) is 5.78. The second-order valence-corrected chi connectivity index (χ2v) is 5.57. The number of carbonyl (C=O) groups is 1. The number of fused-ring (bicyclic) bond motifs is 1. The van der Waals surface area contributed by atoms with E-state index in [1.807, 2.05) is 0 Å². The van der Waals surface area contributed by atoms with Gasteiger partial charge in [-0.1, -0.05) is 29.8 Å². The number of nitrogens with two attached hydrogens (primary N) is 1. The molecule has 0 radical (unpaired) electrons. The van der Waals surface area contributed by atoms with Gasteiger partial charge in [0, 0.05) is 18.9 Å². The van der Waals surface area contributed by atoms with Crippen molar-refractivity contribution in [3.05, 3.63) is 69.5 Å². The molecule has 1 heterocycles. The first kappa shape index (κ1) is 15.1. The van der Waals surface area contributed by atoms with Crippen molar-refractivity contribution in [3.8, 4) is 0 Å². The molecule has 3 aromatic rings. The normalized spacial score (nSPS) is 10.7. The van der Waals surface area contributed by atoms with Crippen LogP contribution in [0.15, 0.2) is 53.5 Å². The fourth-order valence-corrected chi connectivity index (χ4v) is 2.65. The van der Waals surface area contributed by atoms with Crippen LogP contribution in [0, 0.1) is 0 Å². The lowest BCUT2D eigenvalue weighted by molar-refractivity contribution is 0.102. The van der Waals surface area contributed by atoms with Gasteiger partial charge >= 0.3 is 0 Å². The van der Waals surface area contributed by atoms with Crippen LogP contribution in [-0.4, -0.2) is 10.5 Å². The zero-order chi connectivity index (χ0) is 16.6. The smallest absolute Gasteiger partial charge is 0.261 e. The van der Waals surface area contributed by atoms with Gasteiger partial charge in [0.2, 0.25) is 5.43 Å². The summed E-state index contributed by atoms with van der Waals surface area (Å²) in [5.74, 6) is -0.524. The zero-order valence-electron chi connectivity index (χ0n) is 12.3. The minimum Gasteiger partial charge on any atom is -0.398 e. The number of para-hydroxylation sites is 1. The summed E-state index contributed by atoms with van der Waals surface area (Å²) in [5.41, 5.74) is 6.98. The van der Waals surface area contributed by atoms with Crippen LogP contribution in [0.25, 0.3) is 10.9 Å². The maximum Gasteiger partial charge on any atom is 0.261 e. The predicted octanol–water partition coefficient (Wildman–Crippen LogP) is 3.03. The van der Waals surface area contributed by atoms with Gasteiger partial charge in [0.15, 0.2) is 0 Å². The Morgan fingerprint density at radius 2 is 1.91 bits per heavy atom. The summed E-state index contributed by atoms with van der Waals surface area (Å²) < 4.78 is 1.70. The summed E-state index contributed by atoms with van der Waals surface area (Å²) in [4.78, 5) is 25.1. The Labute approximate surface area is 137 Å². The molecule has 1 amide bonds. The van der Waals surface area contributed by atoms with Crippen molar-refractivity contribution in [2.24, 2.45) is 7.05 Å². The van der Waals surface area contributed by atoms with Crippen LogP contribution in [-0.2, 0) is 7.05 Å². The van der Waals surface area contributed by atoms with Crippen LogP contribution in [0.4, 0.5) is 11.4 Å². The molecule has 116 valence electrons. The number of nitrogen functional groups attached to an aromatic ring is 1. The number of amides is 1. The summed E-state index contributed by atoms with van der Waals surface area (Å²) in [6, 6.07) is 12.0. The average Bonchev–Trinajstić information content (AvgIpc) is 2.53. The van der Waals surface area contributed by atoms with E-state index < -0.39 is 11.3 Å². The summed E-state index contributed by atoms with van der Waals surface area (Å²) in [5, 5.41) is 3.39. The number of nitrogens with one attached hydrogen (secondary N) is 1. The van der Waals surface area contributed by atoms with E-state index >= 15 is 0 Å². The number of hydrogen-bond donors (Lipinski definition) is 2. The minimum atomic E-state index is -0.524. The van der Waals surface area contributed by atoms with E-state index in [4.69, 9.17) is 17.3 Å². The highest BCUT2D eigenvalue weighted by Gasteiger charge is 2.16. The van der Waals surface area contributed by atoms with Gasteiger partial charge in [-0.05, 0) is 24.3 Å². The SMILES string of the molecule is Cn1cc(C(=O)Nc2ccccc2Cl)c(=O)c2c(N)cccc21. The van der Waals surface area contributed by atoms with Gasteiger partial charge < -0.3 is 15.6 Å². The number of anilines is 2. The number of aryl methyl sites for hydroxylation is 1. The number of aromatic nitrogens is 1. The summed E-state index contributed by atoms with van der Waals surface area (Å²) in [6.45, 7) is 0. The minimum absolute atomic E-state index is 0.0119. The van der Waals surface area contributed by atoms with Crippen molar-refractivity contribution in [1.82, 2.24) is 4.57 Å². The first-order valence-electron chi connectivity index (χ1n) is 6.92. The van der Waals surface area contributed by atoms with Gasteiger partial charge in [-0.15, -0.1) is 0 Å². The van der Waals surface area contributed by atoms with Crippen LogP contribution in [0.1, 0.15) is 10.4 Å². The lowest BCUT2D eigenvalue weighted by Crippen LogP contribution is -2.24. The molecule has 0 unspecified atom stereocenters. The topological polar surface area (TPSA) is 77.1 Å². The van der Waals surface area contributed by atoms with Crippen molar-refractivity contribution >= 4 is 39.8 Å². The number of hydrogen-bond acceptors (Lipinski definition) is 3. The largest absolute Gasteiger partial charge is 0.398 e. The number of benzene rings is 2. The molecule has 0 aliphatic rings. The maximum absolute atomic E-state index is 12.6. The summed E-state index contributed by atoms with van der Waals surface area (Å²) in [6.07, 6.45) is 1.50. The third-order valence-corrected chi connectivity index (χ3v) is 3.95.